The number of aromatic nitrogens is 1. The number of rotatable bonds is 5. The lowest BCUT2D eigenvalue weighted by Crippen LogP contribution is -2.39. The van der Waals surface area contributed by atoms with E-state index in [1.807, 2.05) is 0 Å². The fraction of sp³-hybridized carbons (Fsp3) is 0.467. The van der Waals surface area contributed by atoms with E-state index < -0.39 is 17.5 Å². The van der Waals surface area contributed by atoms with Gasteiger partial charge in [-0.3, -0.25) is 5.41 Å². The van der Waals surface area contributed by atoms with Gasteiger partial charge in [0.15, 0.2) is 11.0 Å². The standard InChI is InChI=1S/C15H21ClFN5O2/c1-15(2,3)24-14(23)22(5)8-10(21-19-4)12(18)9-6-7-20-13(16)11(9)17/h6-7,18-19H,8H2,1-5H3/b18-12?,21-10-. The highest BCUT2D eigenvalue weighted by molar-refractivity contribution is 6.48. The van der Waals surface area contributed by atoms with Gasteiger partial charge in [-0.1, -0.05) is 11.6 Å². The molecule has 0 saturated heterocycles. The van der Waals surface area contributed by atoms with Crippen LogP contribution in [0.1, 0.15) is 26.3 Å². The van der Waals surface area contributed by atoms with Crippen LogP contribution in [-0.4, -0.2) is 53.6 Å². The van der Waals surface area contributed by atoms with Crippen LogP contribution in [0.15, 0.2) is 17.4 Å². The van der Waals surface area contributed by atoms with Gasteiger partial charge in [-0.2, -0.15) is 5.10 Å². The summed E-state index contributed by atoms with van der Waals surface area (Å²) < 4.78 is 19.3. The molecule has 9 heteroatoms. The van der Waals surface area contributed by atoms with Crippen molar-refractivity contribution in [1.82, 2.24) is 15.3 Å². The number of hydrogen-bond donors (Lipinski definition) is 2. The molecular weight excluding hydrogens is 337 g/mol. The van der Waals surface area contributed by atoms with Crippen molar-refractivity contribution in [3.63, 3.8) is 0 Å². The molecule has 24 heavy (non-hydrogen) atoms. The van der Waals surface area contributed by atoms with Gasteiger partial charge in [0.1, 0.15) is 11.3 Å². The van der Waals surface area contributed by atoms with E-state index in [0.29, 0.717) is 0 Å². The molecule has 1 amide bonds. The predicted molar refractivity (Wildman–Crippen MR) is 91.4 cm³/mol. The Labute approximate surface area is 145 Å². The quantitative estimate of drug-likeness (QED) is 0.481. The van der Waals surface area contributed by atoms with E-state index >= 15 is 0 Å². The molecule has 0 fully saturated rings. The SMILES string of the molecule is CN/N=C(/CN(C)C(=O)OC(C)(C)C)C(=N)c1ccnc(Cl)c1F. The zero-order chi connectivity index (χ0) is 18.5. The zero-order valence-electron chi connectivity index (χ0n) is 14.3. The maximum Gasteiger partial charge on any atom is 0.410 e. The zero-order valence-corrected chi connectivity index (χ0v) is 15.0. The second-order valence-corrected chi connectivity index (χ2v) is 6.31. The molecule has 0 unspecified atom stereocenters. The lowest BCUT2D eigenvalue weighted by Gasteiger charge is -2.25. The topological polar surface area (TPSA) is 90.7 Å². The minimum atomic E-state index is -0.812. The van der Waals surface area contributed by atoms with Crippen LogP contribution in [0.5, 0.6) is 0 Å². The number of nitrogens with zero attached hydrogens (tertiary/aromatic N) is 3. The van der Waals surface area contributed by atoms with Crippen molar-refractivity contribution in [1.29, 1.82) is 5.41 Å². The molecule has 7 nitrogen and oxygen atoms in total. The third kappa shape index (κ3) is 5.45. The Morgan fingerprint density at radius 2 is 2.17 bits per heavy atom. The summed E-state index contributed by atoms with van der Waals surface area (Å²) in [5.74, 6) is -0.812. The number of hydrogen-bond acceptors (Lipinski definition) is 6. The molecule has 132 valence electrons. The Balaban J connectivity index is 2.99. The molecule has 2 N–H and O–H groups in total. The first-order valence-corrected chi connectivity index (χ1v) is 7.51. The van der Waals surface area contributed by atoms with Gasteiger partial charge >= 0.3 is 6.09 Å². The molecule has 0 radical (unpaired) electrons. The average Bonchev–Trinajstić information content (AvgIpc) is 2.47. The van der Waals surface area contributed by atoms with Crippen molar-refractivity contribution in [2.24, 2.45) is 5.10 Å². The van der Waals surface area contributed by atoms with Crippen molar-refractivity contribution >= 4 is 29.1 Å². The molecule has 0 saturated carbocycles. The summed E-state index contributed by atoms with van der Waals surface area (Å²) in [4.78, 5) is 16.9. The summed E-state index contributed by atoms with van der Waals surface area (Å²) in [5, 5.41) is 11.8. The van der Waals surface area contributed by atoms with Crippen LogP contribution in [-0.2, 0) is 4.74 Å². The van der Waals surface area contributed by atoms with E-state index in [9.17, 15) is 9.18 Å². The molecule has 0 atom stereocenters. The van der Waals surface area contributed by atoms with Gasteiger partial charge in [-0.15, -0.1) is 0 Å². The highest BCUT2D eigenvalue weighted by atomic mass is 35.5. The maximum atomic E-state index is 14.1. The van der Waals surface area contributed by atoms with Gasteiger partial charge in [0, 0.05) is 25.9 Å². The van der Waals surface area contributed by atoms with Crippen LogP contribution in [0.25, 0.3) is 0 Å². The molecule has 0 bridgehead atoms. The molecular formula is C15H21ClFN5O2. The van der Waals surface area contributed by atoms with E-state index in [1.54, 1.807) is 20.8 Å². The van der Waals surface area contributed by atoms with Crippen molar-refractivity contribution in [3.8, 4) is 0 Å². The molecule has 0 aliphatic carbocycles. The highest BCUT2D eigenvalue weighted by Gasteiger charge is 2.23. The van der Waals surface area contributed by atoms with Gasteiger partial charge in [0.05, 0.1) is 12.3 Å². The molecule has 1 heterocycles. The van der Waals surface area contributed by atoms with Crippen LogP contribution in [0.2, 0.25) is 5.15 Å². The van der Waals surface area contributed by atoms with Crippen LogP contribution in [0.3, 0.4) is 0 Å². The van der Waals surface area contributed by atoms with Crippen molar-refractivity contribution < 1.29 is 13.9 Å². The van der Waals surface area contributed by atoms with E-state index in [4.69, 9.17) is 21.7 Å². The fourth-order valence-corrected chi connectivity index (χ4v) is 1.86. The molecule has 0 spiro atoms. The van der Waals surface area contributed by atoms with Crippen molar-refractivity contribution in [3.05, 3.63) is 28.8 Å². The van der Waals surface area contributed by atoms with Gasteiger partial charge in [-0.25, -0.2) is 14.2 Å². The van der Waals surface area contributed by atoms with Gasteiger partial charge in [-0.05, 0) is 26.8 Å². The van der Waals surface area contributed by atoms with Crippen molar-refractivity contribution in [2.45, 2.75) is 26.4 Å². The van der Waals surface area contributed by atoms with E-state index in [2.05, 4.69) is 15.5 Å². The summed E-state index contributed by atoms with van der Waals surface area (Å²) in [6.07, 6.45) is 0.719. The molecule has 0 aliphatic heterocycles. The highest BCUT2D eigenvalue weighted by Crippen LogP contribution is 2.16. The van der Waals surface area contributed by atoms with E-state index in [0.717, 1.165) is 0 Å². The third-order valence-electron chi connectivity index (χ3n) is 2.74. The smallest absolute Gasteiger partial charge is 0.410 e. The van der Waals surface area contributed by atoms with Crippen molar-refractivity contribution in [2.75, 3.05) is 20.6 Å². The van der Waals surface area contributed by atoms with Gasteiger partial charge in [0.25, 0.3) is 0 Å². The maximum absolute atomic E-state index is 14.1. The summed E-state index contributed by atoms with van der Waals surface area (Å²) >= 11 is 5.65. The predicted octanol–water partition coefficient (Wildman–Crippen LogP) is 2.68. The lowest BCUT2D eigenvalue weighted by atomic mass is 10.1. The van der Waals surface area contributed by atoms with Gasteiger partial charge in [0.2, 0.25) is 0 Å². The van der Waals surface area contributed by atoms with E-state index in [1.165, 1.54) is 31.3 Å². The fourth-order valence-electron chi connectivity index (χ4n) is 1.70. The largest absolute Gasteiger partial charge is 0.444 e. The number of carbonyl (C=O) groups excluding carboxylic acids is 1. The Morgan fingerprint density at radius 3 is 2.71 bits per heavy atom. The van der Waals surface area contributed by atoms with E-state index in [-0.39, 0.29) is 28.7 Å². The number of halogens is 2. The van der Waals surface area contributed by atoms with Crippen LogP contribution in [0, 0.1) is 11.2 Å². The number of carbonyl (C=O) groups is 1. The second-order valence-electron chi connectivity index (χ2n) is 5.96. The Kier molecular flexibility index (Phi) is 6.65. The first-order chi connectivity index (χ1) is 11.1. The van der Waals surface area contributed by atoms with Crippen LogP contribution < -0.4 is 5.43 Å². The number of nitrogens with one attached hydrogen (secondary N) is 2. The average molecular weight is 358 g/mol. The molecule has 1 aromatic rings. The second kappa shape index (κ2) is 8.05. The number of pyridine rings is 1. The summed E-state index contributed by atoms with van der Waals surface area (Å²) in [6.45, 7) is 5.20. The van der Waals surface area contributed by atoms with Crippen LogP contribution >= 0.6 is 11.6 Å². The molecule has 1 rings (SSSR count). The summed E-state index contributed by atoms with van der Waals surface area (Å²) in [6, 6.07) is 1.32. The van der Waals surface area contributed by atoms with Crippen LogP contribution in [0.4, 0.5) is 9.18 Å². The molecule has 1 aromatic heterocycles. The number of hydrazone groups is 1. The molecule has 0 aliphatic rings. The van der Waals surface area contributed by atoms with Gasteiger partial charge < -0.3 is 15.1 Å². The minimum absolute atomic E-state index is 0.0477. The summed E-state index contributed by atoms with van der Waals surface area (Å²) in [5.41, 5.74) is 1.78. The monoisotopic (exact) mass is 357 g/mol. The first-order valence-electron chi connectivity index (χ1n) is 7.13. The Bertz CT molecular complexity index is 658. The lowest BCUT2D eigenvalue weighted by molar-refractivity contribution is 0.0324. The Hall–Kier alpha value is -2.22. The number of amides is 1. The Morgan fingerprint density at radius 1 is 1.54 bits per heavy atom. The third-order valence-corrected chi connectivity index (χ3v) is 3.01. The minimum Gasteiger partial charge on any atom is -0.444 e. The number of ether oxygens (including phenoxy) is 1. The first kappa shape index (κ1) is 19.8. The normalized spacial score (nSPS) is 11.9. The summed E-state index contributed by atoms with van der Waals surface area (Å²) in [7, 11) is 3.04. The molecule has 0 aromatic carbocycles.